The van der Waals surface area contributed by atoms with Gasteiger partial charge in [0.25, 0.3) is 0 Å². The molecule has 0 saturated heterocycles. The van der Waals surface area contributed by atoms with E-state index < -0.39 is 0 Å². The molecule has 0 fully saturated rings. The van der Waals surface area contributed by atoms with Crippen molar-refractivity contribution in [3.05, 3.63) is 70.8 Å². The maximum absolute atomic E-state index is 4.70. The van der Waals surface area contributed by atoms with Crippen LogP contribution in [0.5, 0.6) is 0 Å². The van der Waals surface area contributed by atoms with Crippen LogP contribution in [0.1, 0.15) is 29.2 Å². The summed E-state index contributed by atoms with van der Waals surface area (Å²) in [6.07, 6.45) is 0. The first kappa shape index (κ1) is 22.4. The number of nitrogens with zero attached hydrogens (tertiary/aromatic N) is 2. The zero-order valence-electron chi connectivity index (χ0n) is 16.2. The predicted molar refractivity (Wildman–Crippen MR) is 122 cm³/mol. The Morgan fingerprint density at radius 1 is 0.962 bits per heavy atom. The van der Waals surface area contributed by atoms with E-state index >= 15 is 0 Å². The minimum Gasteiger partial charge on any atom is -0.357 e. The first-order valence-electron chi connectivity index (χ1n) is 8.87. The van der Waals surface area contributed by atoms with E-state index in [-0.39, 0.29) is 24.0 Å². The molecule has 0 aliphatic heterocycles. The van der Waals surface area contributed by atoms with Crippen molar-refractivity contribution in [2.24, 2.45) is 4.99 Å². The Labute approximate surface area is 175 Å². The van der Waals surface area contributed by atoms with Gasteiger partial charge in [-0.3, -0.25) is 0 Å². The zero-order chi connectivity index (χ0) is 18.1. The maximum Gasteiger partial charge on any atom is 0.191 e. The molecule has 2 aromatic carbocycles. The second kappa shape index (κ2) is 11.9. The molecule has 0 saturated carbocycles. The second-order valence-corrected chi connectivity index (χ2v) is 6.53. The van der Waals surface area contributed by atoms with Gasteiger partial charge in [-0.15, -0.1) is 24.0 Å². The molecule has 0 radical (unpaired) electrons. The van der Waals surface area contributed by atoms with Crippen LogP contribution in [0, 0.1) is 6.92 Å². The highest BCUT2D eigenvalue weighted by atomic mass is 127. The second-order valence-electron chi connectivity index (χ2n) is 6.53. The molecule has 2 rings (SSSR count). The summed E-state index contributed by atoms with van der Waals surface area (Å²) < 4.78 is 0. The summed E-state index contributed by atoms with van der Waals surface area (Å²) >= 11 is 0. The van der Waals surface area contributed by atoms with E-state index in [1.165, 1.54) is 22.3 Å². The summed E-state index contributed by atoms with van der Waals surface area (Å²) in [5.41, 5.74) is 5.13. The molecule has 2 N–H and O–H groups in total. The molecule has 2 aromatic rings. The Hall–Kier alpha value is -1.60. The van der Waals surface area contributed by atoms with Crippen molar-refractivity contribution in [3.63, 3.8) is 0 Å². The van der Waals surface area contributed by atoms with Gasteiger partial charge in [0.1, 0.15) is 0 Å². The van der Waals surface area contributed by atoms with E-state index in [9.17, 15) is 0 Å². The van der Waals surface area contributed by atoms with Crippen LogP contribution in [-0.2, 0) is 19.6 Å². The highest BCUT2D eigenvalue weighted by Crippen LogP contribution is 2.08. The summed E-state index contributed by atoms with van der Waals surface area (Å²) in [6, 6.07) is 17.1. The fourth-order valence-corrected chi connectivity index (χ4v) is 2.61. The van der Waals surface area contributed by atoms with Crippen LogP contribution < -0.4 is 10.6 Å². The summed E-state index contributed by atoms with van der Waals surface area (Å²) in [7, 11) is 4.17. The van der Waals surface area contributed by atoms with E-state index in [0.29, 0.717) is 6.54 Å². The molecule has 5 heteroatoms. The Kier molecular flexibility index (Phi) is 10.3. The number of hydrogen-bond acceptors (Lipinski definition) is 2. The summed E-state index contributed by atoms with van der Waals surface area (Å²) in [5.74, 6) is 0.850. The Balaban J connectivity index is 0.00000338. The van der Waals surface area contributed by atoms with Gasteiger partial charge in [0.05, 0.1) is 6.54 Å². The lowest BCUT2D eigenvalue weighted by molar-refractivity contribution is 0.402. The molecule has 142 valence electrons. The van der Waals surface area contributed by atoms with Gasteiger partial charge in [-0.25, -0.2) is 4.99 Å². The molecule has 26 heavy (non-hydrogen) atoms. The van der Waals surface area contributed by atoms with Crippen molar-refractivity contribution in [1.82, 2.24) is 15.5 Å². The third kappa shape index (κ3) is 7.74. The van der Waals surface area contributed by atoms with E-state index in [0.717, 1.165) is 25.6 Å². The molecule has 0 spiro atoms. The van der Waals surface area contributed by atoms with Gasteiger partial charge in [-0.05, 0) is 50.2 Å². The molecule has 0 aliphatic carbocycles. The number of benzene rings is 2. The van der Waals surface area contributed by atoms with Gasteiger partial charge >= 0.3 is 0 Å². The third-order valence-corrected chi connectivity index (χ3v) is 3.99. The number of aliphatic imine (C=N–C) groups is 1. The van der Waals surface area contributed by atoms with Crippen LogP contribution >= 0.6 is 24.0 Å². The Bertz CT molecular complexity index is 681. The van der Waals surface area contributed by atoms with Crippen LogP contribution in [0.4, 0.5) is 0 Å². The SMILES string of the molecule is CCNC(=NCc1ccc(CN(C)C)cc1)NCc1ccccc1C.I. The monoisotopic (exact) mass is 466 g/mol. The summed E-state index contributed by atoms with van der Waals surface area (Å²) in [5, 5.41) is 6.73. The molecule has 0 atom stereocenters. The van der Waals surface area contributed by atoms with Crippen molar-refractivity contribution in [1.29, 1.82) is 0 Å². The fraction of sp³-hybridized carbons (Fsp3) is 0.381. The van der Waals surface area contributed by atoms with Crippen LogP contribution in [0.2, 0.25) is 0 Å². The largest absolute Gasteiger partial charge is 0.357 e. The average molecular weight is 466 g/mol. The van der Waals surface area contributed by atoms with Crippen LogP contribution in [0.25, 0.3) is 0 Å². The topological polar surface area (TPSA) is 39.7 Å². The lowest BCUT2D eigenvalue weighted by atomic mass is 10.1. The number of aryl methyl sites for hydroxylation is 1. The third-order valence-electron chi connectivity index (χ3n) is 3.99. The molecule has 0 heterocycles. The van der Waals surface area contributed by atoms with Crippen LogP contribution in [-0.4, -0.2) is 31.5 Å². The van der Waals surface area contributed by atoms with E-state index in [1.54, 1.807) is 0 Å². The van der Waals surface area contributed by atoms with Gasteiger partial charge in [0.15, 0.2) is 5.96 Å². The highest BCUT2D eigenvalue weighted by Gasteiger charge is 2.01. The van der Waals surface area contributed by atoms with Crippen molar-refractivity contribution < 1.29 is 0 Å². The molecule has 4 nitrogen and oxygen atoms in total. The molecule has 0 aliphatic rings. The van der Waals surface area contributed by atoms with Gasteiger partial charge in [-0.2, -0.15) is 0 Å². The van der Waals surface area contributed by atoms with Crippen molar-refractivity contribution >= 4 is 29.9 Å². The smallest absolute Gasteiger partial charge is 0.191 e. The van der Waals surface area contributed by atoms with Gasteiger partial charge < -0.3 is 15.5 Å². The van der Waals surface area contributed by atoms with Gasteiger partial charge in [0.2, 0.25) is 0 Å². The molecule has 0 amide bonds. The van der Waals surface area contributed by atoms with E-state index in [2.05, 4.69) is 92.0 Å². The number of halogens is 1. The lowest BCUT2D eigenvalue weighted by Crippen LogP contribution is -2.36. The van der Waals surface area contributed by atoms with E-state index in [1.807, 2.05) is 0 Å². The minimum absolute atomic E-state index is 0. The number of nitrogens with one attached hydrogen (secondary N) is 2. The predicted octanol–water partition coefficient (Wildman–Crippen LogP) is 3.93. The standard InChI is InChI=1S/C21H30N4.HI/c1-5-22-21(24-15-20-9-7-6-8-17(20)2)23-14-18-10-12-19(13-11-18)16-25(3)4;/h6-13H,5,14-16H2,1-4H3,(H2,22,23,24);1H. The van der Waals surface area contributed by atoms with E-state index in [4.69, 9.17) is 4.99 Å². The molecule has 0 unspecified atom stereocenters. The number of hydrogen-bond donors (Lipinski definition) is 2. The van der Waals surface area contributed by atoms with Crippen molar-refractivity contribution in [2.45, 2.75) is 33.5 Å². The quantitative estimate of drug-likeness (QED) is 0.369. The van der Waals surface area contributed by atoms with Gasteiger partial charge in [0, 0.05) is 19.6 Å². The summed E-state index contributed by atoms with van der Waals surface area (Å²) in [4.78, 5) is 6.88. The Morgan fingerprint density at radius 2 is 1.62 bits per heavy atom. The molecular weight excluding hydrogens is 435 g/mol. The highest BCUT2D eigenvalue weighted by molar-refractivity contribution is 14.0. The lowest BCUT2D eigenvalue weighted by Gasteiger charge is -2.13. The molecular formula is C21H31IN4. The number of rotatable bonds is 7. The first-order valence-corrected chi connectivity index (χ1v) is 8.87. The fourth-order valence-electron chi connectivity index (χ4n) is 2.61. The molecule has 0 aromatic heterocycles. The first-order chi connectivity index (χ1) is 12.1. The normalized spacial score (nSPS) is 11.2. The Morgan fingerprint density at radius 3 is 2.23 bits per heavy atom. The van der Waals surface area contributed by atoms with Crippen molar-refractivity contribution in [3.8, 4) is 0 Å². The number of guanidine groups is 1. The van der Waals surface area contributed by atoms with Crippen LogP contribution in [0.15, 0.2) is 53.5 Å². The minimum atomic E-state index is 0. The summed E-state index contributed by atoms with van der Waals surface area (Å²) in [6.45, 7) is 7.48. The van der Waals surface area contributed by atoms with Crippen LogP contribution in [0.3, 0.4) is 0 Å². The zero-order valence-corrected chi connectivity index (χ0v) is 18.6. The maximum atomic E-state index is 4.70. The average Bonchev–Trinajstić information content (AvgIpc) is 2.59. The molecule has 0 bridgehead atoms. The van der Waals surface area contributed by atoms with Gasteiger partial charge in [-0.1, -0.05) is 48.5 Å². The van der Waals surface area contributed by atoms with Crippen molar-refractivity contribution in [2.75, 3.05) is 20.6 Å².